The molecule has 0 N–H and O–H groups in total. The Labute approximate surface area is 162 Å². The number of esters is 1. The van der Waals surface area contributed by atoms with Gasteiger partial charge in [0.15, 0.2) is 11.5 Å². The molecule has 0 aliphatic rings. The number of carbonyl (C=O) groups excluding carboxylic acids is 1. The summed E-state index contributed by atoms with van der Waals surface area (Å²) >= 11 is 7.09. The lowest BCUT2D eigenvalue weighted by Crippen LogP contribution is -2.37. The van der Waals surface area contributed by atoms with E-state index in [0.717, 1.165) is 16.3 Å². The first-order valence-electron chi connectivity index (χ1n) is 7.76. The van der Waals surface area contributed by atoms with Crippen LogP contribution in [0.5, 0.6) is 0 Å². The summed E-state index contributed by atoms with van der Waals surface area (Å²) in [4.78, 5) is 45.4. The largest absolute Gasteiger partial charge is 0.468 e. The molecule has 0 unspecified atom stereocenters. The van der Waals surface area contributed by atoms with Gasteiger partial charge in [-0.15, -0.1) is 0 Å². The second-order valence-electron chi connectivity index (χ2n) is 5.63. The summed E-state index contributed by atoms with van der Waals surface area (Å²) in [5.41, 5.74) is -0.233. The van der Waals surface area contributed by atoms with Gasteiger partial charge in [-0.2, -0.15) is 0 Å². The van der Waals surface area contributed by atoms with E-state index >= 15 is 0 Å². The molecule has 8 nitrogen and oxygen atoms in total. The van der Waals surface area contributed by atoms with E-state index in [1.807, 2.05) is 0 Å². The second-order valence-corrected chi connectivity index (χ2v) is 7.03. The third kappa shape index (κ3) is 3.60. The van der Waals surface area contributed by atoms with E-state index in [2.05, 4.69) is 14.7 Å². The Morgan fingerprint density at radius 1 is 1.22 bits per heavy atom. The van der Waals surface area contributed by atoms with Crippen molar-refractivity contribution < 1.29 is 9.53 Å². The van der Waals surface area contributed by atoms with Crippen LogP contribution in [0.4, 0.5) is 0 Å². The van der Waals surface area contributed by atoms with Crippen LogP contribution in [-0.2, 0) is 23.6 Å². The van der Waals surface area contributed by atoms with Crippen LogP contribution in [0.15, 0.2) is 38.9 Å². The lowest BCUT2D eigenvalue weighted by atomic mass is 10.2. The molecule has 140 valence electrons. The Morgan fingerprint density at radius 2 is 1.96 bits per heavy atom. The first-order valence-corrected chi connectivity index (χ1v) is 9.13. The van der Waals surface area contributed by atoms with Gasteiger partial charge in [-0.1, -0.05) is 35.5 Å². The topological polar surface area (TPSA) is 96.1 Å². The summed E-state index contributed by atoms with van der Waals surface area (Å²) in [7, 11) is 4.18. The molecule has 0 fully saturated rings. The molecule has 0 saturated carbocycles. The van der Waals surface area contributed by atoms with Crippen LogP contribution >= 0.6 is 23.4 Å². The number of hydrogen-bond donors (Lipinski definition) is 0. The fourth-order valence-corrected chi connectivity index (χ4v) is 3.51. The number of methoxy groups -OCH3 is 1. The SMILES string of the molecule is COC(=O)CSc1nc(-c2cccc(Cl)c2)nc2c1c(=O)n(C)c(=O)n2C. The zero-order valence-electron chi connectivity index (χ0n) is 14.7. The first-order chi connectivity index (χ1) is 12.8. The highest BCUT2D eigenvalue weighted by molar-refractivity contribution is 8.00. The molecule has 1 aromatic carbocycles. The third-order valence-corrected chi connectivity index (χ3v) is 5.09. The van der Waals surface area contributed by atoms with E-state index in [1.165, 1.54) is 25.8 Å². The van der Waals surface area contributed by atoms with Crippen molar-refractivity contribution in [1.29, 1.82) is 0 Å². The summed E-state index contributed by atoms with van der Waals surface area (Å²) in [6.45, 7) is 0. The van der Waals surface area contributed by atoms with Crippen LogP contribution in [0, 0.1) is 0 Å². The van der Waals surface area contributed by atoms with Gasteiger partial charge in [-0.3, -0.25) is 18.7 Å². The molecule has 0 saturated heterocycles. The molecule has 0 spiro atoms. The number of rotatable bonds is 4. The number of fused-ring (bicyclic) bond motifs is 1. The second kappa shape index (κ2) is 7.53. The maximum absolute atomic E-state index is 12.7. The van der Waals surface area contributed by atoms with Crippen molar-refractivity contribution in [3.63, 3.8) is 0 Å². The lowest BCUT2D eigenvalue weighted by Gasteiger charge is -2.12. The summed E-state index contributed by atoms with van der Waals surface area (Å²) in [6.07, 6.45) is 0. The highest BCUT2D eigenvalue weighted by Crippen LogP contribution is 2.27. The van der Waals surface area contributed by atoms with Crippen molar-refractivity contribution in [2.24, 2.45) is 14.1 Å². The highest BCUT2D eigenvalue weighted by Gasteiger charge is 2.19. The summed E-state index contributed by atoms with van der Waals surface area (Å²) in [5.74, 6) is -0.206. The van der Waals surface area contributed by atoms with Gasteiger partial charge < -0.3 is 4.74 Å². The molecule has 0 atom stereocenters. The molecule has 3 rings (SSSR count). The Kier molecular flexibility index (Phi) is 5.33. The van der Waals surface area contributed by atoms with Gasteiger partial charge in [0.25, 0.3) is 5.56 Å². The van der Waals surface area contributed by atoms with Crippen molar-refractivity contribution in [2.75, 3.05) is 12.9 Å². The minimum atomic E-state index is -0.530. The fourth-order valence-electron chi connectivity index (χ4n) is 2.48. The number of ether oxygens (including phenoxy) is 1. The number of benzene rings is 1. The summed E-state index contributed by atoms with van der Waals surface area (Å²) in [6, 6.07) is 6.90. The normalized spacial score (nSPS) is 11.0. The molecular weight excluding hydrogens is 392 g/mol. The molecule has 0 aliphatic carbocycles. The minimum Gasteiger partial charge on any atom is -0.468 e. The van der Waals surface area contributed by atoms with Gasteiger partial charge in [-0.05, 0) is 12.1 Å². The molecule has 2 aromatic heterocycles. The maximum Gasteiger partial charge on any atom is 0.332 e. The quantitative estimate of drug-likeness (QED) is 0.369. The van der Waals surface area contributed by atoms with Gasteiger partial charge in [0.2, 0.25) is 0 Å². The van der Waals surface area contributed by atoms with Crippen LogP contribution in [0.2, 0.25) is 5.02 Å². The molecule has 3 aromatic rings. The van der Waals surface area contributed by atoms with Crippen LogP contribution in [0.1, 0.15) is 0 Å². The molecule has 10 heteroatoms. The fraction of sp³-hybridized carbons (Fsp3) is 0.235. The molecule has 0 amide bonds. The molecule has 0 bridgehead atoms. The number of aryl methyl sites for hydroxylation is 1. The van der Waals surface area contributed by atoms with Gasteiger partial charge >= 0.3 is 11.7 Å². The Bertz CT molecular complexity index is 1170. The van der Waals surface area contributed by atoms with Crippen LogP contribution in [0.3, 0.4) is 0 Å². The number of thioether (sulfide) groups is 1. The minimum absolute atomic E-state index is 0.0381. The first kappa shape index (κ1) is 19.1. The smallest absolute Gasteiger partial charge is 0.332 e. The van der Waals surface area contributed by atoms with E-state index < -0.39 is 17.2 Å². The van der Waals surface area contributed by atoms with Crippen molar-refractivity contribution in [3.8, 4) is 11.4 Å². The van der Waals surface area contributed by atoms with Crippen molar-refractivity contribution in [3.05, 3.63) is 50.1 Å². The maximum atomic E-state index is 12.7. The van der Waals surface area contributed by atoms with E-state index in [4.69, 9.17) is 11.6 Å². The van der Waals surface area contributed by atoms with E-state index in [9.17, 15) is 14.4 Å². The number of hydrogen-bond acceptors (Lipinski definition) is 7. The van der Waals surface area contributed by atoms with Crippen molar-refractivity contribution >= 4 is 40.4 Å². The van der Waals surface area contributed by atoms with Gasteiger partial charge in [-0.25, -0.2) is 14.8 Å². The highest BCUT2D eigenvalue weighted by atomic mass is 35.5. The van der Waals surface area contributed by atoms with E-state index in [1.54, 1.807) is 24.3 Å². The molecule has 27 heavy (non-hydrogen) atoms. The zero-order chi connectivity index (χ0) is 19.7. The zero-order valence-corrected chi connectivity index (χ0v) is 16.3. The summed E-state index contributed by atoms with van der Waals surface area (Å²) in [5, 5.41) is 0.952. The van der Waals surface area contributed by atoms with Crippen LogP contribution in [-0.4, -0.2) is 37.9 Å². The molecule has 0 radical (unpaired) electrons. The summed E-state index contributed by atoms with van der Waals surface area (Å²) < 4.78 is 6.90. The Balaban J connectivity index is 2.33. The van der Waals surface area contributed by atoms with Gasteiger partial charge in [0, 0.05) is 24.7 Å². The van der Waals surface area contributed by atoms with Gasteiger partial charge in [0.05, 0.1) is 12.9 Å². The van der Waals surface area contributed by atoms with E-state index in [0.29, 0.717) is 16.4 Å². The van der Waals surface area contributed by atoms with Crippen LogP contribution in [0.25, 0.3) is 22.4 Å². The Hall–Kier alpha value is -2.65. The standard InChI is InChI=1S/C17H15ClN4O4S/c1-21-14-12(16(24)22(2)17(21)25)15(27-8-11(23)26-3)20-13(19-14)9-5-4-6-10(18)7-9/h4-7H,8H2,1-3H3. The predicted molar refractivity (Wildman–Crippen MR) is 103 cm³/mol. The average molecular weight is 407 g/mol. The van der Waals surface area contributed by atoms with E-state index in [-0.39, 0.29) is 21.8 Å². The molecular formula is C17H15ClN4O4S. The average Bonchev–Trinajstić information content (AvgIpc) is 2.68. The third-order valence-electron chi connectivity index (χ3n) is 3.90. The number of nitrogens with zero attached hydrogens (tertiary/aromatic N) is 4. The molecule has 2 heterocycles. The van der Waals surface area contributed by atoms with Gasteiger partial charge in [0.1, 0.15) is 10.4 Å². The van der Waals surface area contributed by atoms with Crippen LogP contribution < -0.4 is 11.2 Å². The number of aromatic nitrogens is 4. The number of carbonyl (C=O) groups is 1. The number of halogens is 1. The van der Waals surface area contributed by atoms with Crippen molar-refractivity contribution in [2.45, 2.75) is 5.03 Å². The Morgan fingerprint density at radius 3 is 2.63 bits per heavy atom. The monoisotopic (exact) mass is 406 g/mol. The lowest BCUT2D eigenvalue weighted by molar-refractivity contribution is -0.137. The van der Waals surface area contributed by atoms with Crippen molar-refractivity contribution in [1.82, 2.24) is 19.1 Å². The predicted octanol–water partition coefficient (Wildman–Crippen LogP) is 1.61. The molecule has 0 aliphatic heterocycles.